The van der Waals surface area contributed by atoms with Crippen LogP contribution < -0.4 is 16.6 Å². The third-order valence-corrected chi connectivity index (χ3v) is 1.89. The zero-order valence-electron chi connectivity index (χ0n) is 9.48. The highest BCUT2D eigenvalue weighted by atomic mass is 16.2. The summed E-state index contributed by atoms with van der Waals surface area (Å²) in [6, 6.07) is 1.60. The number of nitrogens with one attached hydrogen (secondary N) is 2. The van der Waals surface area contributed by atoms with Gasteiger partial charge in [-0.05, 0) is 13.8 Å². The predicted molar refractivity (Wildman–Crippen MR) is 59.3 cm³/mol. The average molecular weight is 236 g/mol. The molecule has 1 heterocycles. The Labute approximate surface area is 96.7 Å². The maximum atomic E-state index is 11.4. The van der Waals surface area contributed by atoms with Gasteiger partial charge in [0, 0.05) is 12.2 Å². The van der Waals surface area contributed by atoms with Gasteiger partial charge in [0.25, 0.3) is 5.56 Å². The summed E-state index contributed by atoms with van der Waals surface area (Å²) in [5.74, 6) is -0.363. The van der Waals surface area contributed by atoms with Crippen LogP contribution in [0.2, 0.25) is 0 Å². The Kier molecular flexibility index (Phi) is 3.82. The van der Waals surface area contributed by atoms with Crippen molar-refractivity contribution in [2.75, 3.05) is 0 Å². The van der Waals surface area contributed by atoms with Crippen molar-refractivity contribution in [3.05, 3.63) is 32.6 Å². The van der Waals surface area contributed by atoms with E-state index in [4.69, 9.17) is 5.26 Å². The second-order valence-corrected chi connectivity index (χ2v) is 3.76. The smallest absolute Gasteiger partial charge is 0.328 e. The van der Waals surface area contributed by atoms with Gasteiger partial charge in [0.2, 0.25) is 5.91 Å². The second-order valence-electron chi connectivity index (χ2n) is 3.76. The molecule has 0 aliphatic rings. The van der Waals surface area contributed by atoms with Crippen LogP contribution in [-0.4, -0.2) is 21.5 Å². The van der Waals surface area contributed by atoms with E-state index < -0.39 is 11.2 Å². The fraction of sp³-hybridized carbons (Fsp3) is 0.400. The van der Waals surface area contributed by atoms with E-state index in [0.717, 1.165) is 10.8 Å². The van der Waals surface area contributed by atoms with Crippen LogP contribution in [0.25, 0.3) is 0 Å². The minimum absolute atomic E-state index is 0.0450. The number of nitrogens with zero attached hydrogens (tertiary/aromatic N) is 2. The average Bonchev–Trinajstić information content (AvgIpc) is 2.20. The molecule has 0 atom stereocenters. The van der Waals surface area contributed by atoms with Crippen LogP contribution in [0.4, 0.5) is 0 Å². The molecule has 7 heteroatoms. The number of hydrogen-bond acceptors (Lipinski definition) is 4. The number of nitriles is 1. The van der Waals surface area contributed by atoms with Gasteiger partial charge in [-0.25, -0.2) is 4.79 Å². The van der Waals surface area contributed by atoms with Crippen LogP contribution in [0, 0.1) is 11.3 Å². The Morgan fingerprint density at radius 1 is 1.59 bits per heavy atom. The molecule has 1 rings (SSSR count). The lowest BCUT2D eigenvalue weighted by Gasteiger charge is -2.09. The minimum Gasteiger partial charge on any atom is -0.352 e. The van der Waals surface area contributed by atoms with E-state index in [1.807, 2.05) is 4.98 Å². The van der Waals surface area contributed by atoms with Gasteiger partial charge < -0.3 is 5.32 Å². The van der Waals surface area contributed by atoms with Crippen molar-refractivity contribution in [2.45, 2.75) is 26.4 Å². The van der Waals surface area contributed by atoms with Crippen LogP contribution in [0.5, 0.6) is 0 Å². The van der Waals surface area contributed by atoms with Crippen LogP contribution in [0.3, 0.4) is 0 Å². The molecule has 0 unspecified atom stereocenters. The van der Waals surface area contributed by atoms with Crippen LogP contribution in [0.1, 0.15) is 19.4 Å². The van der Waals surface area contributed by atoms with E-state index in [2.05, 4.69) is 5.32 Å². The van der Waals surface area contributed by atoms with Gasteiger partial charge in [0.1, 0.15) is 18.2 Å². The molecule has 0 aliphatic heterocycles. The number of amides is 1. The lowest BCUT2D eigenvalue weighted by atomic mass is 10.3. The summed E-state index contributed by atoms with van der Waals surface area (Å²) in [4.78, 5) is 35.8. The molecule has 0 radical (unpaired) electrons. The fourth-order valence-electron chi connectivity index (χ4n) is 1.23. The van der Waals surface area contributed by atoms with E-state index in [1.165, 1.54) is 0 Å². The summed E-state index contributed by atoms with van der Waals surface area (Å²) in [6.07, 6.45) is 1.07. The van der Waals surface area contributed by atoms with Crippen molar-refractivity contribution in [1.82, 2.24) is 14.9 Å². The van der Waals surface area contributed by atoms with E-state index in [0.29, 0.717) is 0 Å². The van der Waals surface area contributed by atoms with Crippen molar-refractivity contribution in [1.29, 1.82) is 5.26 Å². The third-order valence-electron chi connectivity index (χ3n) is 1.89. The van der Waals surface area contributed by atoms with Crippen molar-refractivity contribution in [3.63, 3.8) is 0 Å². The molecule has 0 saturated carbocycles. The monoisotopic (exact) mass is 236 g/mol. The van der Waals surface area contributed by atoms with Crippen molar-refractivity contribution >= 4 is 5.91 Å². The molecule has 0 spiro atoms. The number of rotatable bonds is 3. The van der Waals surface area contributed by atoms with E-state index in [-0.39, 0.29) is 24.1 Å². The van der Waals surface area contributed by atoms with Crippen LogP contribution in [-0.2, 0) is 11.3 Å². The maximum Gasteiger partial charge on any atom is 0.328 e. The number of aromatic amines is 1. The third kappa shape index (κ3) is 3.31. The molecule has 0 bridgehead atoms. The minimum atomic E-state index is -0.752. The van der Waals surface area contributed by atoms with Gasteiger partial charge in [-0.2, -0.15) is 5.26 Å². The Hall–Kier alpha value is -2.36. The van der Waals surface area contributed by atoms with Gasteiger partial charge in [-0.3, -0.25) is 19.1 Å². The summed E-state index contributed by atoms with van der Waals surface area (Å²) in [5, 5.41) is 11.2. The standard InChI is InChI=1S/C10H12N4O3/c1-6(2)12-8(15)5-14-4-7(3-11)9(16)13-10(14)17/h4,6H,5H2,1-2H3,(H,12,15)(H,13,16,17). The lowest BCUT2D eigenvalue weighted by Crippen LogP contribution is -2.38. The van der Waals surface area contributed by atoms with Crippen molar-refractivity contribution in [3.8, 4) is 6.07 Å². The maximum absolute atomic E-state index is 11.4. The van der Waals surface area contributed by atoms with Gasteiger partial charge in [-0.15, -0.1) is 0 Å². The molecule has 0 aromatic carbocycles. The molecule has 17 heavy (non-hydrogen) atoms. The van der Waals surface area contributed by atoms with Gasteiger partial charge >= 0.3 is 5.69 Å². The second kappa shape index (κ2) is 5.12. The molecular formula is C10H12N4O3. The Balaban J connectivity index is 3.01. The Morgan fingerprint density at radius 2 is 2.24 bits per heavy atom. The molecule has 2 N–H and O–H groups in total. The van der Waals surface area contributed by atoms with Gasteiger partial charge in [0.05, 0.1) is 0 Å². The Bertz CT molecular complexity index is 576. The molecule has 1 amide bonds. The van der Waals surface area contributed by atoms with Gasteiger partial charge in [0.15, 0.2) is 0 Å². The highest BCUT2D eigenvalue weighted by molar-refractivity contribution is 5.75. The van der Waals surface area contributed by atoms with Crippen molar-refractivity contribution in [2.24, 2.45) is 0 Å². The summed E-state index contributed by atoms with van der Waals surface area (Å²) in [7, 11) is 0. The summed E-state index contributed by atoms with van der Waals surface area (Å²) in [6.45, 7) is 3.34. The van der Waals surface area contributed by atoms with Crippen LogP contribution in [0.15, 0.2) is 15.8 Å². The summed E-state index contributed by atoms with van der Waals surface area (Å²) < 4.78 is 0.984. The SMILES string of the molecule is CC(C)NC(=O)Cn1cc(C#N)c(=O)[nH]c1=O. The summed E-state index contributed by atoms with van der Waals surface area (Å²) >= 11 is 0. The first-order valence-electron chi connectivity index (χ1n) is 4.97. The normalized spacial score (nSPS) is 10.0. The zero-order valence-corrected chi connectivity index (χ0v) is 9.48. The highest BCUT2D eigenvalue weighted by Gasteiger charge is 2.08. The molecule has 90 valence electrons. The number of carbonyl (C=O) groups is 1. The Morgan fingerprint density at radius 3 is 2.76 bits per heavy atom. The van der Waals surface area contributed by atoms with E-state index >= 15 is 0 Å². The first kappa shape index (κ1) is 12.7. The number of aromatic nitrogens is 2. The van der Waals surface area contributed by atoms with Crippen molar-refractivity contribution < 1.29 is 4.79 Å². The lowest BCUT2D eigenvalue weighted by molar-refractivity contribution is -0.122. The van der Waals surface area contributed by atoms with E-state index in [9.17, 15) is 14.4 Å². The van der Waals surface area contributed by atoms with Crippen LogP contribution >= 0.6 is 0 Å². The van der Waals surface area contributed by atoms with Gasteiger partial charge in [-0.1, -0.05) is 0 Å². The quantitative estimate of drug-likeness (QED) is 0.696. The summed E-state index contributed by atoms with van der Waals surface area (Å²) in [5.41, 5.74) is -1.67. The highest BCUT2D eigenvalue weighted by Crippen LogP contribution is 1.86. The number of carbonyl (C=O) groups excluding carboxylic acids is 1. The molecule has 7 nitrogen and oxygen atoms in total. The number of H-pyrrole nitrogens is 1. The van der Waals surface area contributed by atoms with E-state index in [1.54, 1.807) is 19.9 Å². The molecule has 0 aliphatic carbocycles. The largest absolute Gasteiger partial charge is 0.352 e. The fourth-order valence-corrected chi connectivity index (χ4v) is 1.23. The number of hydrogen-bond donors (Lipinski definition) is 2. The first-order chi connectivity index (χ1) is 7.93. The topological polar surface area (TPSA) is 108 Å². The first-order valence-corrected chi connectivity index (χ1v) is 4.97. The molecule has 0 saturated heterocycles. The molecular weight excluding hydrogens is 224 g/mol. The molecule has 1 aromatic rings. The molecule has 0 fully saturated rings. The zero-order chi connectivity index (χ0) is 13.0. The predicted octanol–water partition coefficient (Wildman–Crippen LogP) is -1.07. The molecule has 1 aromatic heterocycles.